The number of hydrogen-bond acceptors (Lipinski definition) is 2. The van der Waals surface area contributed by atoms with Crippen molar-refractivity contribution in [2.75, 3.05) is 0 Å². The van der Waals surface area contributed by atoms with Crippen LogP contribution in [0.3, 0.4) is 0 Å². The Balaban J connectivity index is 2.67. The van der Waals surface area contributed by atoms with Gasteiger partial charge in [-0.3, -0.25) is 4.79 Å². The summed E-state index contributed by atoms with van der Waals surface area (Å²) in [7, 11) is 0. The van der Waals surface area contributed by atoms with Crippen LogP contribution in [0.5, 0.6) is 0 Å². The van der Waals surface area contributed by atoms with Crippen LogP contribution in [0.25, 0.3) is 0 Å². The van der Waals surface area contributed by atoms with Crippen molar-refractivity contribution >= 4 is 23.1 Å². The number of hydrogen-bond donors (Lipinski definition) is 2. The Kier molecular flexibility index (Phi) is 5.15. The number of carbonyl (C=O) groups is 1. The summed E-state index contributed by atoms with van der Waals surface area (Å²) in [6.07, 6.45) is 0.465. The van der Waals surface area contributed by atoms with Gasteiger partial charge in [-0.25, -0.2) is 8.78 Å². The Morgan fingerprint density at radius 3 is 2.72 bits per heavy atom. The van der Waals surface area contributed by atoms with E-state index in [-0.39, 0.29) is 23.0 Å². The van der Waals surface area contributed by atoms with Gasteiger partial charge in [0, 0.05) is 12.1 Å². The van der Waals surface area contributed by atoms with Crippen LogP contribution in [-0.2, 0) is 11.3 Å². The van der Waals surface area contributed by atoms with Crippen LogP contribution in [0.2, 0.25) is 0 Å². The van der Waals surface area contributed by atoms with Crippen molar-refractivity contribution < 1.29 is 13.6 Å². The van der Waals surface area contributed by atoms with E-state index in [4.69, 9.17) is 18.0 Å². The van der Waals surface area contributed by atoms with Gasteiger partial charge >= 0.3 is 0 Å². The minimum Gasteiger partial charge on any atom is -0.393 e. The van der Waals surface area contributed by atoms with Crippen LogP contribution in [0.1, 0.15) is 18.9 Å². The van der Waals surface area contributed by atoms with E-state index in [0.717, 1.165) is 18.2 Å². The third-order valence-corrected chi connectivity index (χ3v) is 2.81. The summed E-state index contributed by atoms with van der Waals surface area (Å²) in [6, 6.07) is 3.07. The highest BCUT2D eigenvalue weighted by Gasteiger charge is 2.19. The molecule has 0 radical (unpaired) electrons. The predicted octanol–water partition coefficient (Wildman–Crippen LogP) is 1.89. The Morgan fingerprint density at radius 1 is 1.50 bits per heavy atom. The van der Waals surface area contributed by atoms with Crippen molar-refractivity contribution in [3.8, 4) is 0 Å². The number of nitrogens with two attached hydrogens (primary N) is 1. The highest BCUT2D eigenvalue weighted by molar-refractivity contribution is 7.80. The van der Waals surface area contributed by atoms with E-state index in [1.165, 1.54) is 0 Å². The maximum Gasteiger partial charge on any atom is 0.230 e. The Bertz CT molecular complexity index is 465. The first-order chi connectivity index (χ1) is 8.45. The molecule has 0 aliphatic carbocycles. The van der Waals surface area contributed by atoms with E-state index >= 15 is 0 Å². The zero-order chi connectivity index (χ0) is 13.7. The van der Waals surface area contributed by atoms with E-state index in [2.05, 4.69) is 5.32 Å². The van der Waals surface area contributed by atoms with Gasteiger partial charge in [-0.15, -0.1) is 0 Å². The zero-order valence-corrected chi connectivity index (χ0v) is 10.7. The Labute approximate surface area is 109 Å². The summed E-state index contributed by atoms with van der Waals surface area (Å²) in [5.74, 6) is -2.09. The summed E-state index contributed by atoms with van der Waals surface area (Å²) in [6.45, 7) is 1.67. The zero-order valence-electron chi connectivity index (χ0n) is 9.87. The van der Waals surface area contributed by atoms with E-state index in [0.29, 0.717) is 6.42 Å². The quantitative estimate of drug-likeness (QED) is 0.805. The molecule has 6 heteroatoms. The molecule has 18 heavy (non-hydrogen) atoms. The normalized spacial score (nSPS) is 11.9. The van der Waals surface area contributed by atoms with Crippen LogP contribution in [-0.4, -0.2) is 10.9 Å². The molecule has 1 unspecified atom stereocenters. The van der Waals surface area contributed by atoms with Crippen LogP contribution in [0.4, 0.5) is 8.78 Å². The number of rotatable bonds is 5. The number of halogens is 2. The van der Waals surface area contributed by atoms with Gasteiger partial charge in [0.2, 0.25) is 5.91 Å². The minimum absolute atomic E-state index is 0.0844. The van der Waals surface area contributed by atoms with Crippen molar-refractivity contribution in [1.29, 1.82) is 0 Å². The second-order valence-corrected chi connectivity index (χ2v) is 4.29. The lowest BCUT2D eigenvalue weighted by Gasteiger charge is -2.13. The SMILES string of the molecule is CCC(C(=O)NCc1cc(F)ccc1F)C(N)=S. The summed E-state index contributed by atoms with van der Waals surface area (Å²) in [5, 5.41) is 2.49. The molecule has 1 rings (SSSR count). The molecule has 1 amide bonds. The van der Waals surface area contributed by atoms with Crippen molar-refractivity contribution in [1.82, 2.24) is 5.32 Å². The molecular weight excluding hydrogens is 258 g/mol. The van der Waals surface area contributed by atoms with Crippen LogP contribution in [0.15, 0.2) is 18.2 Å². The first kappa shape index (κ1) is 14.5. The maximum absolute atomic E-state index is 13.3. The fraction of sp³-hybridized carbons (Fsp3) is 0.333. The molecule has 0 aliphatic heterocycles. The Morgan fingerprint density at radius 2 is 2.17 bits per heavy atom. The fourth-order valence-electron chi connectivity index (χ4n) is 1.50. The first-order valence-corrected chi connectivity index (χ1v) is 5.87. The third-order valence-electron chi connectivity index (χ3n) is 2.53. The van der Waals surface area contributed by atoms with Crippen molar-refractivity contribution in [3.05, 3.63) is 35.4 Å². The van der Waals surface area contributed by atoms with Gasteiger partial charge in [0.1, 0.15) is 11.6 Å². The fourth-order valence-corrected chi connectivity index (χ4v) is 1.77. The highest BCUT2D eigenvalue weighted by atomic mass is 32.1. The van der Waals surface area contributed by atoms with Crippen molar-refractivity contribution in [3.63, 3.8) is 0 Å². The summed E-state index contributed by atoms with van der Waals surface area (Å²) in [5.41, 5.74) is 5.49. The molecule has 0 bridgehead atoms. The molecule has 0 fully saturated rings. The molecule has 0 aromatic heterocycles. The molecule has 0 spiro atoms. The standard InChI is InChI=1S/C12H14F2N2OS/c1-2-9(11(15)18)12(17)16-6-7-5-8(13)3-4-10(7)14/h3-5,9H,2,6H2,1H3,(H2,15,18)(H,16,17). The second kappa shape index (κ2) is 6.39. The number of benzene rings is 1. The molecule has 3 nitrogen and oxygen atoms in total. The average molecular weight is 272 g/mol. The number of amides is 1. The van der Waals surface area contributed by atoms with Gasteiger partial charge in [0.25, 0.3) is 0 Å². The largest absolute Gasteiger partial charge is 0.393 e. The molecule has 0 saturated heterocycles. The topological polar surface area (TPSA) is 55.1 Å². The van der Waals surface area contributed by atoms with E-state index in [9.17, 15) is 13.6 Å². The van der Waals surface area contributed by atoms with Gasteiger partial charge in [-0.2, -0.15) is 0 Å². The van der Waals surface area contributed by atoms with Crippen LogP contribution >= 0.6 is 12.2 Å². The maximum atomic E-state index is 13.3. The summed E-state index contributed by atoms with van der Waals surface area (Å²) < 4.78 is 26.2. The number of thiocarbonyl (C=S) groups is 1. The lowest BCUT2D eigenvalue weighted by molar-refractivity contribution is -0.123. The van der Waals surface area contributed by atoms with Gasteiger partial charge in [-0.05, 0) is 24.6 Å². The van der Waals surface area contributed by atoms with Crippen molar-refractivity contribution in [2.45, 2.75) is 19.9 Å². The number of nitrogens with one attached hydrogen (secondary N) is 1. The average Bonchev–Trinajstić information content (AvgIpc) is 2.30. The molecular formula is C12H14F2N2OS. The summed E-state index contributed by atoms with van der Waals surface area (Å²) in [4.78, 5) is 11.8. The van der Waals surface area contributed by atoms with Gasteiger partial charge in [-0.1, -0.05) is 19.1 Å². The smallest absolute Gasteiger partial charge is 0.230 e. The molecule has 1 atom stereocenters. The number of carbonyl (C=O) groups excluding carboxylic acids is 1. The van der Waals surface area contributed by atoms with Gasteiger partial charge in [0.05, 0.1) is 10.9 Å². The Hall–Kier alpha value is -1.56. The predicted molar refractivity (Wildman–Crippen MR) is 68.8 cm³/mol. The van der Waals surface area contributed by atoms with Gasteiger partial charge < -0.3 is 11.1 Å². The second-order valence-electron chi connectivity index (χ2n) is 3.82. The minimum atomic E-state index is -0.586. The van der Waals surface area contributed by atoms with Crippen LogP contribution in [0, 0.1) is 17.6 Å². The molecule has 3 N–H and O–H groups in total. The van der Waals surface area contributed by atoms with Crippen LogP contribution < -0.4 is 11.1 Å². The molecule has 0 aliphatic rings. The van der Waals surface area contributed by atoms with Gasteiger partial charge in [0.15, 0.2) is 0 Å². The molecule has 0 saturated carbocycles. The first-order valence-electron chi connectivity index (χ1n) is 5.46. The highest BCUT2D eigenvalue weighted by Crippen LogP contribution is 2.10. The summed E-state index contributed by atoms with van der Waals surface area (Å²) >= 11 is 4.75. The molecule has 1 aromatic carbocycles. The molecule has 1 aromatic rings. The monoisotopic (exact) mass is 272 g/mol. The van der Waals surface area contributed by atoms with E-state index < -0.39 is 17.6 Å². The molecule has 98 valence electrons. The van der Waals surface area contributed by atoms with E-state index in [1.807, 2.05) is 0 Å². The molecule has 0 heterocycles. The lowest BCUT2D eigenvalue weighted by atomic mass is 10.1. The van der Waals surface area contributed by atoms with Crippen molar-refractivity contribution in [2.24, 2.45) is 11.7 Å². The third kappa shape index (κ3) is 3.73. The lowest BCUT2D eigenvalue weighted by Crippen LogP contribution is -2.37. The van der Waals surface area contributed by atoms with E-state index in [1.54, 1.807) is 6.92 Å².